The molecular formula is C15H12Cl2N2O. The molecule has 0 aliphatic carbocycles. The second-order valence-corrected chi connectivity index (χ2v) is 5.03. The number of hydrogen-bond donors (Lipinski definition) is 1. The second-order valence-electron chi connectivity index (χ2n) is 4.16. The van der Waals surface area contributed by atoms with E-state index in [1.807, 2.05) is 19.1 Å². The zero-order valence-corrected chi connectivity index (χ0v) is 12.2. The Hall–Kier alpha value is -1.84. The van der Waals surface area contributed by atoms with E-state index in [1.165, 1.54) is 0 Å². The molecule has 0 aliphatic heterocycles. The van der Waals surface area contributed by atoms with E-state index in [0.717, 1.165) is 5.56 Å². The zero-order valence-electron chi connectivity index (χ0n) is 10.7. The number of hydrogen-bond acceptors (Lipinski definition) is 2. The smallest absolute Gasteiger partial charge is 0.267 e. The van der Waals surface area contributed by atoms with Gasteiger partial charge in [-0.25, -0.2) is 5.43 Å². The van der Waals surface area contributed by atoms with E-state index >= 15 is 0 Å². The molecule has 20 heavy (non-hydrogen) atoms. The lowest BCUT2D eigenvalue weighted by molar-refractivity contribution is 0.0955. The van der Waals surface area contributed by atoms with Gasteiger partial charge in [-0.3, -0.25) is 4.79 Å². The van der Waals surface area contributed by atoms with Gasteiger partial charge in [0, 0.05) is 15.6 Å². The number of nitrogens with zero attached hydrogens (tertiary/aromatic N) is 1. The highest BCUT2D eigenvalue weighted by molar-refractivity contribution is 6.31. The van der Waals surface area contributed by atoms with Crippen LogP contribution in [0.3, 0.4) is 0 Å². The Morgan fingerprint density at radius 1 is 1.00 bits per heavy atom. The number of benzene rings is 2. The van der Waals surface area contributed by atoms with Crippen molar-refractivity contribution in [3.8, 4) is 0 Å². The average molecular weight is 307 g/mol. The summed E-state index contributed by atoms with van der Waals surface area (Å²) < 4.78 is 0. The Labute approximate surface area is 127 Å². The lowest BCUT2D eigenvalue weighted by Gasteiger charge is -2.03. The number of carbonyl (C=O) groups is 1. The van der Waals surface area contributed by atoms with Gasteiger partial charge in [-0.2, -0.15) is 5.10 Å². The molecule has 1 N–H and O–H groups in total. The number of carbonyl (C=O) groups excluding carboxylic acids is 1. The molecule has 102 valence electrons. The van der Waals surface area contributed by atoms with Crippen LogP contribution in [0.1, 0.15) is 22.8 Å². The first-order valence-corrected chi connectivity index (χ1v) is 6.68. The summed E-state index contributed by atoms with van der Waals surface area (Å²) in [7, 11) is 0. The highest BCUT2D eigenvalue weighted by Gasteiger charge is 2.05. The molecule has 0 bridgehead atoms. The molecule has 0 radical (unpaired) electrons. The molecular weight excluding hydrogens is 295 g/mol. The topological polar surface area (TPSA) is 41.5 Å². The number of hydrazone groups is 1. The molecule has 0 atom stereocenters. The first kappa shape index (κ1) is 14.6. The minimum atomic E-state index is -0.305. The van der Waals surface area contributed by atoms with E-state index in [2.05, 4.69) is 10.5 Å². The van der Waals surface area contributed by atoms with Crippen LogP contribution in [0, 0.1) is 0 Å². The summed E-state index contributed by atoms with van der Waals surface area (Å²) in [5, 5.41) is 5.23. The predicted octanol–water partition coefficient (Wildman–Crippen LogP) is 4.15. The third-order valence-electron chi connectivity index (χ3n) is 2.67. The predicted molar refractivity (Wildman–Crippen MR) is 82.6 cm³/mol. The molecule has 2 aromatic rings. The first-order valence-electron chi connectivity index (χ1n) is 5.92. The van der Waals surface area contributed by atoms with E-state index in [-0.39, 0.29) is 5.91 Å². The summed E-state index contributed by atoms with van der Waals surface area (Å²) in [6, 6.07) is 13.9. The summed E-state index contributed by atoms with van der Waals surface area (Å²) >= 11 is 11.7. The van der Waals surface area contributed by atoms with E-state index in [4.69, 9.17) is 23.2 Å². The van der Waals surface area contributed by atoms with Crippen LogP contribution in [0.15, 0.2) is 53.6 Å². The van der Waals surface area contributed by atoms with E-state index < -0.39 is 0 Å². The summed E-state index contributed by atoms with van der Waals surface area (Å²) in [4.78, 5) is 11.9. The van der Waals surface area contributed by atoms with Crippen LogP contribution in [0.25, 0.3) is 0 Å². The third-order valence-corrected chi connectivity index (χ3v) is 3.16. The molecule has 0 saturated heterocycles. The van der Waals surface area contributed by atoms with Gasteiger partial charge < -0.3 is 0 Å². The lowest BCUT2D eigenvalue weighted by atomic mass is 10.1. The molecule has 0 saturated carbocycles. The van der Waals surface area contributed by atoms with Crippen molar-refractivity contribution in [2.24, 2.45) is 5.10 Å². The summed E-state index contributed by atoms with van der Waals surface area (Å²) in [6.07, 6.45) is 0. The SMILES string of the molecule is C/C(=N\NC(=O)c1cccc(Cl)c1)c1ccc(Cl)cc1. The highest BCUT2D eigenvalue weighted by Crippen LogP contribution is 2.11. The molecule has 0 aliphatic rings. The van der Waals surface area contributed by atoms with Crippen molar-refractivity contribution in [1.82, 2.24) is 5.43 Å². The standard InChI is InChI=1S/C15H12Cl2N2O/c1-10(11-5-7-13(16)8-6-11)18-19-15(20)12-3-2-4-14(17)9-12/h2-9H,1H3,(H,19,20)/b18-10+. The van der Waals surface area contributed by atoms with Gasteiger partial charge in [0.15, 0.2) is 0 Å². The van der Waals surface area contributed by atoms with Gasteiger partial charge in [-0.05, 0) is 42.8 Å². The zero-order chi connectivity index (χ0) is 14.5. The molecule has 5 heteroatoms. The van der Waals surface area contributed by atoms with Gasteiger partial charge in [0.25, 0.3) is 5.91 Å². The summed E-state index contributed by atoms with van der Waals surface area (Å²) in [6.45, 7) is 1.81. The van der Waals surface area contributed by atoms with Crippen molar-refractivity contribution < 1.29 is 4.79 Å². The average Bonchev–Trinajstić information content (AvgIpc) is 2.45. The van der Waals surface area contributed by atoms with Gasteiger partial charge in [-0.15, -0.1) is 0 Å². The van der Waals surface area contributed by atoms with E-state index in [1.54, 1.807) is 36.4 Å². The molecule has 0 fully saturated rings. The van der Waals surface area contributed by atoms with Crippen LogP contribution in [-0.4, -0.2) is 11.6 Å². The van der Waals surface area contributed by atoms with Gasteiger partial charge in [0.2, 0.25) is 0 Å². The first-order chi connectivity index (χ1) is 9.56. The van der Waals surface area contributed by atoms with E-state index in [0.29, 0.717) is 21.3 Å². The van der Waals surface area contributed by atoms with Crippen LogP contribution < -0.4 is 5.43 Å². The van der Waals surface area contributed by atoms with Gasteiger partial charge in [-0.1, -0.05) is 41.4 Å². The monoisotopic (exact) mass is 306 g/mol. The third kappa shape index (κ3) is 3.83. The van der Waals surface area contributed by atoms with Gasteiger partial charge >= 0.3 is 0 Å². The summed E-state index contributed by atoms with van der Waals surface area (Å²) in [5.41, 5.74) is 4.54. The highest BCUT2D eigenvalue weighted by atomic mass is 35.5. The van der Waals surface area contributed by atoms with Crippen LogP contribution >= 0.6 is 23.2 Å². The largest absolute Gasteiger partial charge is 0.271 e. The Balaban J connectivity index is 2.08. The maximum atomic E-state index is 11.9. The quantitative estimate of drug-likeness (QED) is 0.672. The molecule has 1 amide bonds. The molecule has 0 unspecified atom stereocenters. The fraction of sp³-hybridized carbons (Fsp3) is 0.0667. The number of rotatable bonds is 3. The minimum Gasteiger partial charge on any atom is -0.267 e. The lowest BCUT2D eigenvalue weighted by Crippen LogP contribution is -2.19. The normalized spacial score (nSPS) is 11.2. The minimum absolute atomic E-state index is 0.305. The molecule has 0 aromatic heterocycles. The Bertz CT molecular complexity index is 651. The van der Waals surface area contributed by atoms with Crippen molar-refractivity contribution in [2.45, 2.75) is 6.92 Å². The van der Waals surface area contributed by atoms with Crippen LogP contribution in [0.2, 0.25) is 10.0 Å². The van der Waals surface area contributed by atoms with Crippen molar-refractivity contribution in [1.29, 1.82) is 0 Å². The number of halogens is 2. The van der Waals surface area contributed by atoms with Crippen LogP contribution in [-0.2, 0) is 0 Å². The van der Waals surface area contributed by atoms with Crippen LogP contribution in [0.5, 0.6) is 0 Å². The van der Waals surface area contributed by atoms with Crippen molar-refractivity contribution >= 4 is 34.8 Å². The molecule has 3 nitrogen and oxygen atoms in total. The molecule has 2 aromatic carbocycles. The fourth-order valence-electron chi connectivity index (χ4n) is 1.58. The molecule has 0 heterocycles. The Kier molecular flexibility index (Phi) is 4.77. The van der Waals surface area contributed by atoms with Crippen LogP contribution in [0.4, 0.5) is 0 Å². The fourth-order valence-corrected chi connectivity index (χ4v) is 1.90. The Morgan fingerprint density at radius 2 is 1.70 bits per heavy atom. The van der Waals surface area contributed by atoms with E-state index in [9.17, 15) is 4.79 Å². The van der Waals surface area contributed by atoms with Crippen molar-refractivity contribution in [2.75, 3.05) is 0 Å². The molecule has 0 spiro atoms. The van der Waals surface area contributed by atoms with Crippen molar-refractivity contribution in [3.05, 3.63) is 69.7 Å². The van der Waals surface area contributed by atoms with Gasteiger partial charge in [0.05, 0.1) is 5.71 Å². The van der Waals surface area contributed by atoms with Crippen molar-refractivity contribution in [3.63, 3.8) is 0 Å². The second kappa shape index (κ2) is 6.55. The maximum absolute atomic E-state index is 11.9. The maximum Gasteiger partial charge on any atom is 0.271 e. The molecule has 2 rings (SSSR count). The Morgan fingerprint density at radius 3 is 2.35 bits per heavy atom. The van der Waals surface area contributed by atoms with Gasteiger partial charge in [0.1, 0.15) is 0 Å². The number of nitrogens with one attached hydrogen (secondary N) is 1. The number of amides is 1. The summed E-state index contributed by atoms with van der Waals surface area (Å²) in [5.74, 6) is -0.305.